The monoisotopic (exact) mass is 372 g/mol. The Bertz CT molecular complexity index is 684. The summed E-state index contributed by atoms with van der Waals surface area (Å²) in [5, 5.41) is 0. The number of methoxy groups -OCH3 is 1. The van der Waals surface area contributed by atoms with Gasteiger partial charge in [-0.05, 0) is 43.0 Å². The van der Waals surface area contributed by atoms with Crippen molar-refractivity contribution in [2.24, 2.45) is 5.92 Å². The normalized spacial score (nSPS) is 26.2. The van der Waals surface area contributed by atoms with Gasteiger partial charge in [0, 0.05) is 25.2 Å². The van der Waals surface area contributed by atoms with Gasteiger partial charge in [-0.2, -0.15) is 0 Å². The Balaban J connectivity index is 1.44. The third-order valence-corrected chi connectivity index (χ3v) is 6.18. The van der Waals surface area contributed by atoms with E-state index >= 15 is 0 Å². The predicted octanol–water partition coefficient (Wildman–Crippen LogP) is 2.33. The minimum atomic E-state index is -0.0755. The van der Waals surface area contributed by atoms with Crippen LogP contribution in [0.2, 0.25) is 0 Å². The largest absolute Gasteiger partial charge is 0.497 e. The van der Waals surface area contributed by atoms with Gasteiger partial charge in [-0.15, -0.1) is 0 Å². The summed E-state index contributed by atoms with van der Waals surface area (Å²) in [5.74, 6) is 1.38. The van der Waals surface area contributed by atoms with Gasteiger partial charge in [0.2, 0.25) is 5.91 Å². The van der Waals surface area contributed by atoms with E-state index in [4.69, 9.17) is 9.47 Å². The second-order valence-electron chi connectivity index (χ2n) is 7.91. The van der Waals surface area contributed by atoms with E-state index in [1.54, 1.807) is 31.4 Å². The number of ether oxygens (including phenoxy) is 2. The molecule has 4 rings (SSSR count). The van der Waals surface area contributed by atoms with Crippen LogP contribution in [0.15, 0.2) is 24.3 Å². The van der Waals surface area contributed by atoms with Crippen LogP contribution in [-0.2, 0) is 9.53 Å². The lowest BCUT2D eigenvalue weighted by Crippen LogP contribution is -2.55. The summed E-state index contributed by atoms with van der Waals surface area (Å²) in [6.07, 6.45) is 6.17. The molecule has 1 aliphatic carbocycles. The van der Waals surface area contributed by atoms with E-state index in [9.17, 15) is 9.59 Å². The van der Waals surface area contributed by atoms with Crippen LogP contribution < -0.4 is 4.74 Å². The number of morpholine rings is 1. The van der Waals surface area contributed by atoms with E-state index in [2.05, 4.69) is 0 Å². The molecular weight excluding hydrogens is 344 g/mol. The highest BCUT2D eigenvalue weighted by Gasteiger charge is 2.45. The lowest BCUT2D eigenvalue weighted by atomic mass is 9.88. The standard InChI is InChI=1S/C21H28N2O4/c1-26-17-9-7-16(8-10-17)21(25)22-12-18-19(13-22)27-14-20(24)23(18)11-15-5-3-2-4-6-15/h7-10,15,18-19H,2-6,11-14H2,1H3/t18-,19+/m1/s1. The maximum atomic E-state index is 12.9. The van der Waals surface area contributed by atoms with Gasteiger partial charge in [0.1, 0.15) is 12.4 Å². The van der Waals surface area contributed by atoms with E-state index in [-0.39, 0.29) is 30.6 Å². The molecule has 2 amide bonds. The van der Waals surface area contributed by atoms with Crippen molar-refractivity contribution in [3.05, 3.63) is 29.8 Å². The minimum absolute atomic E-state index is 0.0132. The van der Waals surface area contributed by atoms with Crippen molar-refractivity contribution in [1.29, 1.82) is 0 Å². The second-order valence-corrected chi connectivity index (χ2v) is 7.91. The molecule has 0 aromatic heterocycles. The van der Waals surface area contributed by atoms with E-state index in [0.717, 1.165) is 12.3 Å². The fraction of sp³-hybridized carbons (Fsp3) is 0.619. The van der Waals surface area contributed by atoms with Crippen molar-refractivity contribution in [3.63, 3.8) is 0 Å². The van der Waals surface area contributed by atoms with Crippen LogP contribution in [0.3, 0.4) is 0 Å². The number of nitrogens with zero attached hydrogens (tertiary/aromatic N) is 2. The molecule has 3 aliphatic rings. The molecule has 2 atom stereocenters. The average Bonchev–Trinajstić information content (AvgIpc) is 3.15. The van der Waals surface area contributed by atoms with Gasteiger partial charge < -0.3 is 19.3 Å². The molecule has 2 saturated heterocycles. The summed E-state index contributed by atoms with van der Waals surface area (Å²) >= 11 is 0. The molecular formula is C21H28N2O4. The Morgan fingerprint density at radius 3 is 2.59 bits per heavy atom. The zero-order valence-corrected chi connectivity index (χ0v) is 15.9. The lowest BCUT2D eigenvalue weighted by Gasteiger charge is -2.39. The van der Waals surface area contributed by atoms with E-state index in [1.165, 1.54) is 32.1 Å². The Kier molecular flexibility index (Phi) is 5.34. The van der Waals surface area contributed by atoms with Gasteiger partial charge in [0.15, 0.2) is 0 Å². The number of hydrogen-bond acceptors (Lipinski definition) is 4. The van der Waals surface area contributed by atoms with Crippen molar-refractivity contribution in [2.75, 3.05) is 33.4 Å². The molecule has 6 nitrogen and oxygen atoms in total. The van der Waals surface area contributed by atoms with Crippen molar-refractivity contribution in [3.8, 4) is 5.75 Å². The second kappa shape index (κ2) is 7.89. The SMILES string of the molecule is COc1ccc(C(=O)N2C[C@@H]3OCC(=O)N(CC4CCCCC4)[C@@H]3C2)cc1. The molecule has 1 aromatic carbocycles. The number of hydrogen-bond donors (Lipinski definition) is 0. The van der Waals surface area contributed by atoms with E-state index in [0.29, 0.717) is 24.6 Å². The number of benzene rings is 1. The van der Waals surface area contributed by atoms with Gasteiger partial charge in [-0.1, -0.05) is 19.3 Å². The number of carbonyl (C=O) groups excluding carboxylic acids is 2. The summed E-state index contributed by atoms with van der Waals surface area (Å²) in [5.41, 5.74) is 0.639. The number of amides is 2. The zero-order valence-electron chi connectivity index (χ0n) is 15.9. The molecule has 2 heterocycles. The number of likely N-dealkylation sites (tertiary alicyclic amines) is 1. The van der Waals surface area contributed by atoms with Crippen LogP contribution in [0.25, 0.3) is 0 Å². The summed E-state index contributed by atoms with van der Waals surface area (Å²) in [4.78, 5) is 29.2. The number of rotatable bonds is 4. The third kappa shape index (κ3) is 3.81. The zero-order chi connectivity index (χ0) is 18.8. The van der Waals surface area contributed by atoms with Gasteiger partial charge in [-0.25, -0.2) is 0 Å². The molecule has 0 radical (unpaired) electrons. The third-order valence-electron chi connectivity index (χ3n) is 6.18. The van der Waals surface area contributed by atoms with Gasteiger partial charge >= 0.3 is 0 Å². The molecule has 3 fully saturated rings. The Morgan fingerprint density at radius 1 is 1.15 bits per heavy atom. The summed E-state index contributed by atoms with van der Waals surface area (Å²) < 4.78 is 10.9. The van der Waals surface area contributed by atoms with E-state index in [1.807, 2.05) is 9.80 Å². The first-order chi connectivity index (χ1) is 13.2. The fourth-order valence-corrected chi connectivity index (χ4v) is 4.63. The fourth-order valence-electron chi connectivity index (χ4n) is 4.63. The molecule has 146 valence electrons. The van der Waals surface area contributed by atoms with Gasteiger partial charge in [0.25, 0.3) is 5.91 Å². The summed E-state index contributed by atoms with van der Waals surface area (Å²) in [7, 11) is 1.61. The van der Waals surface area contributed by atoms with Gasteiger partial charge in [0.05, 0.1) is 19.3 Å². The Labute approximate surface area is 160 Å². The maximum absolute atomic E-state index is 12.9. The van der Waals surface area contributed by atoms with Crippen molar-refractivity contribution in [2.45, 2.75) is 44.2 Å². The highest BCUT2D eigenvalue weighted by molar-refractivity contribution is 5.94. The Hall–Kier alpha value is -2.08. The lowest BCUT2D eigenvalue weighted by molar-refractivity contribution is -0.154. The topological polar surface area (TPSA) is 59.1 Å². The van der Waals surface area contributed by atoms with Crippen molar-refractivity contribution < 1.29 is 19.1 Å². The molecule has 1 aromatic rings. The number of fused-ring (bicyclic) bond motifs is 1. The smallest absolute Gasteiger partial charge is 0.254 e. The predicted molar refractivity (Wildman–Crippen MR) is 101 cm³/mol. The summed E-state index contributed by atoms with van der Waals surface area (Å²) in [6, 6.07) is 7.15. The van der Waals surface area contributed by atoms with Crippen LogP contribution >= 0.6 is 0 Å². The van der Waals surface area contributed by atoms with Crippen LogP contribution in [0, 0.1) is 5.92 Å². The van der Waals surface area contributed by atoms with Crippen LogP contribution in [0.4, 0.5) is 0 Å². The summed E-state index contributed by atoms with van der Waals surface area (Å²) in [6.45, 7) is 2.05. The Morgan fingerprint density at radius 2 is 1.89 bits per heavy atom. The maximum Gasteiger partial charge on any atom is 0.254 e. The minimum Gasteiger partial charge on any atom is -0.497 e. The molecule has 6 heteroatoms. The first-order valence-electron chi connectivity index (χ1n) is 10.00. The molecule has 0 bridgehead atoms. The highest BCUT2D eigenvalue weighted by Crippen LogP contribution is 2.30. The average molecular weight is 372 g/mol. The molecule has 0 unspecified atom stereocenters. The molecule has 27 heavy (non-hydrogen) atoms. The van der Waals surface area contributed by atoms with Crippen LogP contribution in [0.5, 0.6) is 5.75 Å². The molecule has 1 saturated carbocycles. The highest BCUT2D eigenvalue weighted by atomic mass is 16.5. The van der Waals surface area contributed by atoms with Crippen molar-refractivity contribution in [1.82, 2.24) is 9.80 Å². The molecule has 0 spiro atoms. The molecule has 0 N–H and O–H groups in total. The van der Waals surface area contributed by atoms with Crippen LogP contribution in [-0.4, -0.2) is 67.1 Å². The van der Waals surface area contributed by atoms with Crippen molar-refractivity contribution >= 4 is 11.8 Å². The number of carbonyl (C=O) groups is 2. The van der Waals surface area contributed by atoms with Gasteiger partial charge in [-0.3, -0.25) is 9.59 Å². The quantitative estimate of drug-likeness (QED) is 0.814. The first-order valence-corrected chi connectivity index (χ1v) is 10.00. The van der Waals surface area contributed by atoms with E-state index < -0.39 is 0 Å². The first kappa shape index (κ1) is 18.3. The van der Waals surface area contributed by atoms with Crippen LogP contribution in [0.1, 0.15) is 42.5 Å². The molecule has 2 aliphatic heterocycles.